The van der Waals surface area contributed by atoms with Gasteiger partial charge in [0.1, 0.15) is 6.61 Å². The van der Waals surface area contributed by atoms with Crippen molar-refractivity contribution < 1.29 is 24.2 Å². The van der Waals surface area contributed by atoms with Crippen LogP contribution in [0.2, 0.25) is 0 Å². The Kier molecular flexibility index (Phi) is 6.86. The lowest BCUT2D eigenvalue weighted by atomic mass is 9.98. The van der Waals surface area contributed by atoms with E-state index in [1.165, 1.54) is 10.9 Å². The summed E-state index contributed by atoms with van der Waals surface area (Å²) in [5, 5.41) is 21.6. The van der Waals surface area contributed by atoms with E-state index >= 15 is 0 Å². The number of hydrogen-bond acceptors (Lipinski definition) is 6. The largest absolute Gasteiger partial charge is 0.481 e. The van der Waals surface area contributed by atoms with Gasteiger partial charge in [0, 0.05) is 18.5 Å². The molecule has 0 saturated carbocycles. The number of fused-ring (bicyclic) bond motifs is 3. The summed E-state index contributed by atoms with van der Waals surface area (Å²) in [7, 11) is 0. The Bertz CT molecular complexity index is 1160. The highest BCUT2D eigenvalue weighted by Gasteiger charge is 2.29. The maximum absolute atomic E-state index is 12.2. The van der Waals surface area contributed by atoms with Crippen LogP contribution in [0, 0.1) is 0 Å². The molecule has 0 radical (unpaired) electrons. The van der Waals surface area contributed by atoms with E-state index < -0.39 is 24.0 Å². The molecule has 10 heteroatoms. The fourth-order valence-corrected chi connectivity index (χ4v) is 4.04. The van der Waals surface area contributed by atoms with Crippen molar-refractivity contribution in [1.82, 2.24) is 25.6 Å². The van der Waals surface area contributed by atoms with Crippen LogP contribution in [0.25, 0.3) is 11.1 Å². The van der Waals surface area contributed by atoms with Crippen molar-refractivity contribution in [2.75, 3.05) is 13.2 Å². The van der Waals surface area contributed by atoms with Gasteiger partial charge in [-0.05, 0) is 29.2 Å². The number of hydrogen-bond donors (Lipinski definition) is 3. The molecule has 0 fully saturated rings. The number of ether oxygens (including phenoxy) is 1. The number of alkyl carbamates (subject to hydrolysis) is 1. The Morgan fingerprint density at radius 1 is 1.09 bits per heavy atom. The van der Waals surface area contributed by atoms with Crippen molar-refractivity contribution in [1.29, 1.82) is 0 Å². The number of amides is 2. The number of aliphatic carboxylic acids is 1. The number of carbonyl (C=O) groups excluding carboxylic acids is 2. The lowest BCUT2D eigenvalue weighted by Gasteiger charge is -2.14. The van der Waals surface area contributed by atoms with E-state index in [1.54, 1.807) is 6.92 Å². The lowest BCUT2D eigenvalue weighted by Crippen LogP contribution is -2.34. The molecule has 0 saturated heterocycles. The summed E-state index contributed by atoms with van der Waals surface area (Å²) in [5.74, 6) is -1.53. The fourth-order valence-electron chi connectivity index (χ4n) is 4.04. The molecular weight excluding hydrogens is 438 g/mol. The molecule has 4 rings (SSSR count). The molecular formula is C24H25N5O5. The molecule has 1 atom stereocenters. The lowest BCUT2D eigenvalue weighted by molar-refractivity contribution is -0.137. The number of carbonyl (C=O) groups is 3. The van der Waals surface area contributed by atoms with Crippen LogP contribution in [0.4, 0.5) is 4.79 Å². The second-order valence-electron chi connectivity index (χ2n) is 8.09. The second kappa shape index (κ2) is 10.2. The number of carboxylic acids is 1. The topological polar surface area (TPSA) is 135 Å². The number of carboxylic acid groups (broad SMARTS) is 1. The molecule has 3 N–H and O–H groups in total. The minimum atomic E-state index is -1.00. The molecule has 0 spiro atoms. The van der Waals surface area contributed by atoms with Crippen molar-refractivity contribution in [3.05, 3.63) is 71.5 Å². The zero-order valence-electron chi connectivity index (χ0n) is 18.6. The monoisotopic (exact) mass is 463 g/mol. The highest BCUT2D eigenvalue weighted by atomic mass is 16.5. The molecule has 2 aromatic carbocycles. The molecule has 1 aromatic heterocycles. The molecule has 10 nitrogen and oxygen atoms in total. The third kappa shape index (κ3) is 5.22. The van der Waals surface area contributed by atoms with Crippen molar-refractivity contribution in [2.24, 2.45) is 0 Å². The Balaban J connectivity index is 1.24. The average molecular weight is 463 g/mol. The van der Waals surface area contributed by atoms with Crippen LogP contribution in [0.5, 0.6) is 0 Å². The van der Waals surface area contributed by atoms with Crippen molar-refractivity contribution in [2.45, 2.75) is 31.8 Å². The van der Waals surface area contributed by atoms with Gasteiger partial charge >= 0.3 is 12.1 Å². The number of benzene rings is 2. The third-order valence-electron chi connectivity index (χ3n) is 5.58. The Morgan fingerprint density at radius 3 is 2.38 bits per heavy atom. The summed E-state index contributed by atoms with van der Waals surface area (Å²) < 4.78 is 6.91. The van der Waals surface area contributed by atoms with Gasteiger partial charge in [-0.15, -0.1) is 5.10 Å². The number of nitrogens with one attached hydrogen (secondary N) is 2. The van der Waals surface area contributed by atoms with E-state index in [2.05, 4.69) is 45.2 Å². The first kappa shape index (κ1) is 23.0. The standard InChI is InChI=1S/C24H25N5O5/c1-15(12-22(30)31)26-23(32)21-13-29(28-27-21)11-10-25-24(33)34-14-20-18-8-4-2-6-16(18)17-7-3-5-9-19(17)20/h2-9,13,15,20H,10-12,14H2,1H3,(H,25,33)(H,26,32)(H,30,31). The Hall–Kier alpha value is -4.21. The SMILES string of the molecule is CC(CC(=O)O)NC(=O)c1cn(CCNC(=O)OCC2c3ccccc3-c3ccccc32)nn1. The van der Waals surface area contributed by atoms with E-state index in [1.807, 2.05) is 24.3 Å². The van der Waals surface area contributed by atoms with Crippen LogP contribution >= 0.6 is 0 Å². The minimum Gasteiger partial charge on any atom is -0.481 e. The first-order valence-corrected chi connectivity index (χ1v) is 10.9. The van der Waals surface area contributed by atoms with Crippen molar-refractivity contribution >= 4 is 18.0 Å². The van der Waals surface area contributed by atoms with E-state index in [0.29, 0.717) is 0 Å². The van der Waals surface area contributed by atoms with Gasteiger partial charge in [-0.1, -0.05) is 53.7 Å². The molecule has 3 aromatic rings. The van der Waals surface area contributed by atoms with Gasteiger partial charge in [-0.2, -0.15) is 0 Å². The van der Waals surface area contributed by atoms with Gasteiger partial charge in [0.2, 0.25) is 0 Å². The first-order chi connectivity index (χ1) is 16.4. The quantitative estimate of drug-likeness (QED) is 0.443. The second-order valence-corrected chi connectivity index (χ2v) is 8.09. The summed E-state index contributed by atoms with van der Waals surface area (Å²) in [6.07, 6.45) is 0.703. The van der Waals surface area contributed by atoms with Gasteiger partial charge in [0.25, 0.3) is 5.91 Å². The number of nitrogens with zero attached hydrogens (tertiary/aromatic N) is 3. The zero-order chi connectivity index (χ0) is 24.1. The maximum atomic E-state index is 12.2. The Morgan fingerprint density at radius 2 is 1.74 bits per heavy atom. The van der Waals surface area contributed by atoms with Crippen LogP contribution < -0.4 is 10.6 Å². The van der Waals surface area contributed by atoms with Gasteiger partial charge in [-0.25, -0.2) is 9.48 Å². The molecule has 1 aliphatic rings. The summed E-state index contributed by atoms with van der Waals surface area (Å²) in [6.45, 7) is 2.34. The average Bonchev–Trinajstić information content (AvgIpc) is 3.40. The van der Waals surface area contributed by atoms with Crippen LogP contribution in [0.15, 0.2) is 54.7 Å². The van der Waals surface area contributed by atoms with Gasteiger partial charge in [0.15, 0.2) is 5.69 Å². The highest BCUT2D eigenvalue weighted by molar-refractivity contribution is 5.92. The summed E-state index contributed by atoms with van der Waals surface area (Å²) in [5.41, 5.74) is 4.68. The molecule has 0 aliphatic heterocycles. The summed E-state index contributed by atoms with van der Waals surface area (Å²) in [4.78, 5) is 35.1. The van der Waals surface area contributed by atoms with E-state index in [-0.39, 0.29) is 37.7 Å². The number of aromatic nitrogens is 3. The summed E-state index contributed by atoms with van der Waals surface area (Å²) in [6, 6.07) is 15.7. The normalized spacial score (nSPS) is 13.0. The molecule has 34 heavy (non-hydrogen) atoms. The molecule has 2 amide bonds. The third-order valence-corrected chi connectivity index (χ3v) is 5.58. The van der Waals surface area contributed by atoms with Crippen LogP contribution in [-0.4, -0.2) is 57.3 Å². The highest BCUT2D eigenvalue weighted by Crippen LogP contribution is 2.44. The first-order valence-electron chi connectivity index (χ1n) is 10.9. The molecule has 1 aliphatic carbocycles. The molecule has 176 valence electrons. The summed E-state index contributed by atoms with van der Waals surface area (Å²) >= 11 is 0. The predicted molar refractivity (Wildman–Crippen MR) is 122 cm³/mol. The number of rotatable bonds is 9. The van der Waals surface area contributed by atoms with Crippen LogP contribution in [-0.2, 0) is 16.1 Å². The minimum absolute atomic E-state index is 0.0157. The molecule has 0 bridgehead atoms. The molecule has 1 heterocycles. The molecule has 1 unspecified atom stereocenters. The van der Waals surface area contributed by atoms with Gasteiger partial charge in [-0.3, -0.25) is 9.59 Å². The van der Waals surface area contributed by atoms with Gasteiger partial charge < -0.3 is 20.5 Å². The maximum Gasteiger partial charge on any atom is 0.407 e. The van der Waals surface area contributed by atoms with E-state index in [4.69, 9.17) is 9.84 Å². The Labute approximate surface area is 195 Å². The van der Waals surface area contributed by atoms with Crippen LogP contribution in [0.3, 0.4) is 0 Å². The predicted octanol–water partition coefficient (Wildman–Crippen LogP) is 2.41. The van der Waals surface area contributed by atoms with Crippen molar-refractivity contribution in [3.8, 4) is 11.1 Å². The zero-order valence-corrected chi connectivity index (χ0v) is 18.6. The van der Waals surface area contributed by atoms with Gasteiger partial charge in [0.05, 0.1) is 19.2 Å². The van der Waals surface area contributed by atoms with E-state index in [9.17, 15) is 14.4 Å². The smallest absolute Gasteiger partial charge is 0.407 e. The fraction of sp³-hybridized carbons (Fsp3) is 0.292. The van der Waals surface area contributed by atoms with Crippen LogP contribution in [0.1, 0.15) is 40.9 Å². The van der Waals surface area contributed by atoms with Crippen molar-refractivity contribution in [3.63, 3.8) is 0 Å². The van der Waals surface area contributed by atoms with E-state index in [0.717, 1.165) is 22.3 Å².